The molecule has 9 atom stereocenters. The van der Waals surface area contributed by atoms with Gasteiger partial charge in [0, 0.05) is 80.8 Å². The second-order valence-corrected chi connectivity index (χ2v) is 16.0. The molecule has 5 rings (SSSR count). The van der Waals surface area contributed by atoms with Crippen molar-refractivity contribution < 1.29 is 53.8 Å². The summed E-state index contributed by atoms with van der Waals surface area (Å²) >= 11 is 0. The Morgan fingerprint density at radius 2 is 1.69 bits per heavy atom. The summed E-state index contributed by atoms with van der Waals surface area (Å²) in [5.74, 6) is -7.10. The number of phenols is 2. The molecule has 0 saturated carbocycles. The molecule has 3 aliphatic heterocycles. The van der Waals surface area contributed by atoms with Gasteiger partial charge in [-0.25, -0.2) is 4.99 Å². The van der Waals surface area contributed by atoms with Crippen LogP contribution in [0, 0.1) is 30.6 Å². The summed E-state index contributed by atoms with van der Waals surface area (Å²) in [5, 5.41) is 50.0. The highest BCUT2D eigenvalue weighted by Gasteiger charge is 2.49. The number of carbonyl (C=O) groups is 3. The molecule has 0 spiro atoms. The Labute approximate surface area is 338 Å². The maximum absolute atomic E-state index is 14.6. The number of Topliss-reactive ketones (excluding diaryl/α,β-unsaturated/α-hetero) is 1. The molecule has 5 N–H and O–H groups in total. The van der Waals surface area contributed by atoms with Gasteiger partial charge in [0.15, 0.2) is 5.75 Å². The van der Waals surface area contributed by atoms with E-state index in [0.29, 0.717) is 26.1 Å². The molecule has 3 aliphatic rings. The van der Waals surface area contributed by atoms with Crippen molar-refractivity contribution in [3.05, 3.63) is 58.0 Å². The number of anilines is 1. The number of nitrogens with zero attached hydrogens (tertiary/aromatic N) is 3. The largest absolute Gasteiger partial charge is 0.507 e. The Balaban J connectivity index is 1.78. The Bertz CT molecular complexity index is 2150. The fourth-order valence-electron chi connectivity index (χ4n) is 8.02. The number of hydrogen-bond acceptors (Lipinski definition) is 14. The van der Waals surface area contributed by atoms with E-state index in [1.54, 1.807) is 59.8 Å². The van der Waals surface area contributed by atoms with Gasteiger partial charge in [-0.05, 0) is 39.9 Å². The maximum atomic E-state index is 14.6. The third kappa shape index (κ3) is 8.63. The van der Waals surface area contributed by atoms with E-state index in [2.05, 4.69) is 15.2 Å². The van der Waals surface area contributed by atoms with Crippen LogP contribution in [0.25, 0.3) is 10.8 Å². The minimum absolute atomic E-state index is 0.0363. The lowest BCUT2D eigenvalue weighted by atomic mass is 9.78. The zero-order valence-electron chi connectivity index (χ0n) is 35.0. The van der Waals surface area contributed by atoms with Crippen LogP contribution in [-0.2, 0) is 23.8 Å². The summed E-state index contributed by atoms with van der Waals surface area (Å²) < 4.78 is 23.9. The van der Waals surface area contributed by atoms with Gasteiger partial charge in [0.05, 0.1) is 41.2 Å². The van der Waals surface area contributed by atoms with Crippen LogP contribution in [0.3, 0.4) is 0 Å². The number of rotatable bonds is 2. The zero-order valence-corrected chi connectivity index (χ0v) is 35.0. The molecule has 1 amide bonds. The molecule has 2 aromatic carbocycles. The van der Waals surface area contributed by atoms with E-state index in [-0.39, 0.29) is 55.4 Å². The molecule has 0 saturated heterocycles. The van der Waals surface area contributed by atoms with Crippen molar-refractivity contribution in [2.45, 2.75) is 92.0 Å². The molecule has 0 aromatic heterocycles. The first-order valence-electron chi connectivity index (χ1n) is 19.8. The van der Waals surface area contributed by atoms with Gasteiger partial charge < -0.3 is 49.6 Å². The predicted octanol–water partition coefficient (Wildman–Crippen LogP) is 3.62. The summed E-state index contributed by atoms with van der Waals surface area (Å²) in [6.07, 6.45) is 4.52. The number of amides is 1. The van der Waals surface area contributed by atoms with E-state index in [9.17, 15) is 34.8 Å². The first kappa shape index (κ1) is 44.3. The van der Waals surface area contributed by atoms with E-state index in [1.807, 2.05) is 7.05 Å². The molecular formula is C43H58N4O11. The lowest BCUT2D eigenvalue weighted by Crippen LogP contribution is -2.46. The predicted molar refractivity (Wildman–Crippen MR) is 216 cm³/mol. The van der Waals surface area contributed by atoms with Gasteiger partial charge in [0.1, 0.15) is 28.3 Å². The third-order valence-corrected chi connectivity index (χ3v) is 11.7. The number of aliphatic hydroxyl groups excluding tert-OH is 2. The second-order valence-electron chi connectivity index (χ2n) is 16.0. The highest BCUT2D eigenvalue weighted by atomic mass is 16.7. The summed E-state index contributed by atoms with van der Waals surface area (Å²) in [4.78, 5) is 52.0. The van der Waals surface area contributed by atoms with Gasteiger partial charge >= 0.3 is 11.8 Å². The number of ether oxygens (including phenoxy) is 4. The minimum Gasteiger partial charge on any atom is -0.507 e. The number of phenolic OH excluding ortho intramolecular Hbond substituents is 2. The molecule has 0 unspecified atom stereocenters. The van der Waals surface area contributed by atoms with Crippen molar-refractivity contribution in [3.63, 3.8) is 0 Å². The van der Waals surface area contributed by atoms with Crippen LogP contribution in [0.2, 0.25) is 0 Å². The summed E-state index contributed by atoms with van der Waals surface area (Å²) in [5.41, 5.74) is 0.663. The van der Waals surface area contributed by atoms with Gasteiger partial charge in [-0.15, -0.1) is 0 Å². The number of allylic oxidation sites excluding steroid dienone is 2. The molecular weight excluding hydrogens is 748 g/mol. The number of fused-ring (bicyclic) bond motifs is 1. The van der Waals surface area contributed by atoms with Crippen molar-refractivity contribution in [3.8, 4) is 17.2 Å². The van der Waals surface area contributed by atoms with E-state index in [0.717, 1.165) is 6.54 Å². The van der Waals surface area contributed by atoms with Gasteiger partial charge in [0.2, 0.25) is 0 Å². The van der Waals surface area contributed by atoms with Crippen LogP contribution < -0.4 is 20.8 Å². The molecule has 316 valence electrons. The molecule has 0 aliphatic carbocycles. The maximum Gasteiger partial charge on any atom is 0.312 e. The number of aromatic hydroxyl groups is 2. The van der Waals surface area contributed by atoms with Crippen LogP contribution in [0.1, 0.15) is 70.8 Å². The Kier molecular flexibility index (Phi) is 13.7. The van der Waals surface area contributed by atoms with Crippen LogP contribution in [0.5, 0.6) is 17.2 Å². The lowest BCUT2D eigenvalue weighted by Gasteiger charge is -2.38. The first-order chi connectivity index (χ1) is 27.3. The number of ketones is 1. The number of nitrogens with one attached hydrogen (secondary N) is 1. The number of esters is 1. The normalized spacial score (nSPS) is 32.4. The molecule has 0 radical (unpaired) electrons. The van der Waals surface area contributed by atoms with Crippen LogP contribution >= 0.6 is 0 Å². The van der Waals surface area contributed by atoms with Crippen molar-refractivity contribution in [1.29, 1.82) is 0 Å². The van der Waals surface area contributed by atoms with Crippen LogP contribution in [-0.4, -0.2) is 114 Å². The van der Waals surface area contributed by atoms with Crippen LogP contribution in [0.15, 0.2) is 46.1 Å². The SMILES string of the molecule is CO[C@H]1/C=C/O[C@@]2(C)Oc3c(C)c(O)c4c(O)c(c5c(c4c3C2=O)NCCN(C)CCCN=5)=NC(=O)/C(C)=C\C=C\[C@H](C)[C@H](O)[C@@H](C)[C@@H](O)[C@@H](C)[C@H](OC(C)=O)[C@@H]1C. The van der Waals surface area contributed by atoms with Gasteiger partial charge in [0.25, 0.3) is 11.7 Å². The summed E-state index contributed by atoms with van der Waals surface area (Å²) in [6, 6.07) is 0. The standard InChI is InChI=1S/C43H58N4O11/c1-21-13-11-14-22(2)42(54)46-34-33-32(45-17-19-47(9)18-12-16-44-33)29-30(38(34)52)37(51)26(6)40-31(29)41(53)43(8,58-40)56-20-15-28(55-10)23(3)39(57-27(7)48)25(5)36(50)24(4)35(21)49/h11,13-15,20-21,23-25,28,35-36,39,45,49-52H,12,16-19H2,1-10H3/b13-11+,20-15+,22-14-,44-33?,46-34?/t21-,23+,24+,25+,28-,35-,36+,39+,43-/m0/s1. The van der Waals surface area contributed by atoms with E-state index in [1.165, 1.54) is 33.3 Å². The Hall–Kier alpha value is -4.83. The van der Waals surface area contributed by atoms with Gasteiger partial charge in [-0.1, -0.05) is 45.9 Å². The highest BCUT2D eigenvalue weighted by molar-refractivity contribution is 6.21. The van der Waals surface area contributed by atoms with Crippen molar-refractivity contribution in [2.24, 2.45) is 33.7 Å². The van der Waals surface area contributed by atoms with Crippen molar-refractivity contribution >= 4 is 34.1 Å². The lowest BCUT2D eigenvalue weighted by molar-refractivity contribution is -0.160. The molecule has 15 heteroatoms. The number of carbonyl (C=O) groups excluding carboxylic acids is 3. The minimum atomic E-state index is -1.95. The Morgan fingerprint density at radius 3 is 2.36 bits per heavy atom. The quantitative estimate of drug-likeness (QED) is 0.217. The summed E-state index contributed by atoms with van der Waals surface area (Å²) in [6.45, 7) is 14.8. The number of aliphatic hydroxyl groups is 2. The highest BCUT2D eigenvalue weighted by Crippen LogP contribution is 2.50. The fourth-order valence-corrected chi connectivity index (χ4v) is 8.02. The van der Waals surface area contributed by atoms with E-state index >= 15 is 0 Å². The number of hydrogen-bond donors (Lipinski definition) is 5. The van der Waals surface area contributed by atoms with Crippen molar-refractivity contribution in [2.75, 3.05) is 45.7 Å². The molecule has 0 fully saturated rings. The molecule has 15 nitrogen and oxygen atoms in total. The third-order valence-electron chi connectivity index (χ3n) is 11.7. The van der Waals surface area contributed by atoms with Crippen molar-refractivity contribution in [1.82, 2.24) is 4.90 Å². The number of benzene rings is 2. The monoisotopic (exact) mass is 806 g/mol. The summed E-state index contributed by atoms with van der Waals surface area (Å²) in [7, 11) is 3.44. The van der Waals surface area contributed by atoms with E-state index in [4.69, 9.17) is 23.9 Å². The van der Waals surface area contributed by atoms with Gasteiger partial charge in [-0.3, -0.25) is 19.4 Å². The first-order valence-corrected chi connectivity index (χ1v) is 19.8. The number of methoxy groups -OCH3 is 1. The molecule has 3 heterocycles. The van der Waals surface area contributed by atoms with Gasteiger partial charge in [-0.2, -0.15) is 0 Å². The topological polar surface area (TPSA) is 209 Å². The van der Waals surface area contributed by atoms with E-state index < -0.39 is 77.3 Å². The Morgan fingerprint density at radius 1 is 0.983 bits per heavy atom. The fraction of sp³-hybridized carbons (Fsp3) is 0.558. The zero-order chi connectivity index (χ0) is 42.8. The smallest absolute Gasteiger partial charge is 0.312 e. The number of likely N-dealkylation sites (N-methyl/N-ethyl adjacent to an activating group) is 1. The molecule has 2 aromatic rings. The molecule has 4 bridgehead atoms. The second kappa shape index (κ2) is 18.0. The molecule has 58 heavy (non-hydrogen) atoms. The average molecular weight is 807 g/mol. The van der Waals surface area contributed by atoms with Crippen LogP contribution in [0.4, 0.5) is 5.69 Å². The average Bonchev–Trinajstić information content (AvgIpc) is 3.45.